The van der Waals surface area contributed by atoms with Gasteiger partial charge in [-0.1, -0.05) is 24.6 Å². The highest BCUT2D eigenvalue weighted by atomic mass is 19.1. The second-order valence-electron chi connectivity index (χ2n) is 8.45. The number of hydrogen-bond donors (Lipinski definition) is 3. The molecular weight excluding hydrogens is 367 g/mol. The van der Waals surface area contributed by atoms with Gasteiger partial charge in [0.25, 0.3) is 0 Å². The van der Waals surface area contributed by atoms with Crippen LogP contribution in [0, 0.1) is 12.7 Å². The zero-order chi connectivity index (χ0) is 20.0. The van der Waals surface area contributed by atoms with Crippen molar-refractivity contribution in [2.24, 2.45) is 0 Å². The van der Waals surface area contributed by atoms with Crippen LogP contribution in [0.2, 0.25) is 0 Å². The number of carbonyl (C=O) groups excluding carboxylic acids is 1. The Hall–Kier alpha value is -2.44. The fourth-order valence-corrected chi connectivity index (χ4v) is 5.05. The Morgan fingerprint density at radius 1 is 1.24 bits per heavy atom. The highest BCUT2D eigenvalue weighted by molar-refractivity contribution is 5.98. The molecule has 5 nitrogen and oxygen atoms in total. The van der Waals surface area contributed by atoms with Gasteiger partial charge in [-0.05, 0) is 55.6 Å². The predicted octanol–water partition coefficient (Wildman–Crippen LogP) is 3.57. The van der Waals surface area contributed by atoms with E-state index in [-0.39, 0.29) is 11.7 Å². The lowest BCUT2D eigenvalue weighted by Crippen LogP contribution is -2.36. The van der Waals surface area contributed by atoms with Gasteiger partial charge in [-0.25, -0.2) is 4.39 Å². The smallest absolute Gasteiger partial charge is 0.247 e. The third-order valence-corrected chi connectivity index (χ3v) is 6.58. The molecule has 2 aromatic carbocycles. The summed E-state index contributed by atoms with van der Waals surface area (Å²) < 4.78 is 14.1. The summed E-state index contributed by atoms with van der Waals surface area (Å²) in [7, 11) is 0. The van der Waals surface area contributed by atoms with E-state index in [4.69, 9.17) is 0 Å². The molecule has 5 rings (SSSR count). The number of nitrogens with one attached hydrogen (secondary N) is 3. The van der Waals surface area contributed by atoms with Gasteiger partial charge in [0.15, 0.2) is 0 Å². The average molecular weight is 394 g/mol. The number of benzene rings is 2. The molecule has 2 saturated heterocycles. The van der Waals surface area contributed by atoms with Crippen molar-refractivity contribution in [3.05, 3.63) is 58.9 Å². The summed E-state index contributed by atoms with van der Waals surface area (Å²) in [6.07, 6.45) is 4.14. The molecule has 3 N–H and O–H groups in total. The lowest BCUT2D eigenvalue weighted by atomic mass is 9.93. The Morgan fingerprint density at radius 2 is 2.14 bits per heavy atom. The van der Waals surface area contributed by atoms with Crippen LogP contribution in [0.5, 0.6) is 0 Å². The lowest BCUT2D eigenvalue weighted by molar-refractivity contribution is -0.116. The van der Waals surface area contributed by atoms with Gasteiger partial charge >= 0.3 is 0 Å². The van der Waals surface area contributed by atoms with E-state index in [0.29, 0.717) is 24.1 Å². The van der Waals surface area contributed by atoms with Crippen LogP contribution < -0.4 is 16.0 Å². The molecule has 0 saturated carbocycles. The van der Waals surface area contributed by atoms with Crippen LogP contribution in [0.3, 0.4) is 0 Å². The van der Waals surface area contributed by atoms with E-state index in [1.807, 2.05) is 19.1 Å². The molecule has 3 aliphatic heterocycles. The topological polar surface area (TPSA) is 56.4 Å². The number of halogens is 1. The van der Waals surface area contributed by atoms with E-state index in [1.54, 1.807) is 6.07 Å². The number of nitrogens with zero attached hydrogens (tertiary/aromatic N) is 1. The van der Waals surface area contributed by atoms with Crippen LogP contribution in [-0.4, -0.2) is 36.1 Å². The number of carbonyl (C=O) groups is 1. The van der Waals surface area contributed by atoms with Gasteiger partial charge in [-0.2, -0.15) is 0 Å². The normalized spacial score (nSPS) is 25.9. The molecule has 3 heterocycles. The monoisotopic (exact) mass is 394 g/mol. The number of fused-ring (bicyclic) bond motifs is 2. The Labute approximate surface area is 170 Å². The fourth-order valence-electron chi connectivity index (χ4n) is 5.05. The first-order valence-electron chi connectivity index (χ1n) is 10.5. The van der Waals surface area contributed by atoms with Crippen molar-refractivity contribution in [1.82, 2.24) is 10.2 Å². The second-order valence-corrected chi connectivity index (χ2v) is 8.45. The summed E-state index contributed by atoms with van der Waals surface area (Å²) in [5.41, 5.74) is 4.32. The van der Waals surface area contributed by atoms with Crippen molar-refractivity contribution in [3.8, 4) is 0 Å². The van der Waals surface area contributed by atoms with Crippen LogP contribution in [0.1, 0.15) is 42.0 Å². The molecule has 3 aliphatic rings. The molecule has 3 unspecified atom stereocenters. The van der Waals surface area contributed by atoms with Gasteiger partial charge in [-0.3, -0.25) is 15.0 Å². The predicted molar refractivity (Wildman–Crippen MR) is 112 cm³/mol. The molecular formula is C23H27FN4O. The van der Waals surface area contributed by atoms with E-state index in [2.05, 4.69) is 33.0 Å². The summed E-state index contributed by atoms with van der Waals surface area (Å²) in [4.78, 5) is 15.4. The quantitative estimate of drug-likeness (QED) is 0.745. The van der Waals surface area contributed by atoms with Crippen molar-refractivity contribution in [2.45, 2.75) is 50.7 Å². The third kappa shape index (κ3) is 3.40. The van der Waals surface area contributed by atoms with Gasteiger partial charge in [0.05, 0.1) is 0 Å². The molecule has 0 spiro atoms. The molecule has 2 fully saturated rings. The highest BCUT2D eigenvalue weighted by Gasteiger charge is 2.36. The zero-order valence-corrected chi connectivity index (χ0v) is 16.7. The van der Waals surface area contributed by atoms with E-state index in [9.17, 15) is 9.18 Å². The Morgan fingerprint density at radius 3 is 3.00 bits per heavy atom. The fraction of sp³-hybridized carbons (Fsp3) is 0.435. The summed E-state index contributed by atoms with van der Waals surface area (Å²) >= 11 is 0. The summed E-state index contributed by atoms with van der Waals surface area (Å²) in [6, 6.07) is 11.7. The molecule has 152 valence electrons. The first-order valence-corrected chi connectivity index (χ1v) is 10.5. The molecule has 0 radical (unpaired) electrons. The number of hydrogen-bond acceptors (Lipinski definition) is 4. The maximum absolute atomic E-state index is 14.1. The van der Waals surface area contributed by atoms with Gasteiger partial charge in [-0.15, -0.1) is 0 Å². The van der Waals surface area contributed by atoms with E-state index < -0.39 is 6.04 Å². The van der Waals surface area contributed by atoms with Crippen molar-refractivity contribution in [1.29, 1.82) is 0 Å². The van der Waals surface area contributed by atoms with E-state index in [0.717, 1.165) is 30.2 Å². The number of anilines is 2. The Kier molecular flexibility index (Phi) is 4.76. The minimum atomic E-state index is -0.456. The average Bonchev–Trinajstić information content (AvgIpc) is 3.37. The highest BCUT2D eigenvalue weighted by Crippen LogP contribution is 2.34. The van der Waals surface area contributed by atoms with Crippen LogP contribution in [-0.2, 0) is 11.2 Å². The summed E-state index contributed by atoms with van der Waals surface area (Å²) in [5, 5.41) is 9.86. The molecule has 2 aromatic rings. The largest absolute Gasteiger partial charge is 0.373 e. The van der Waals surface area contributed by atoms with Crippen molar-refractivity contribution in [2.75, 3.05) is 23.8 Å². The van der Waals surface area contributed by atoms with E-state index in [1.165, 1.54) is 30.9 Å². The molecule has 0 aromatic heterocycles. The zero-order valence-electron chi connectivity index (χ0n) is 16.7. The van der Waals surface area contributed by atoms with Gasteiger partial charge in [0, 0.05) is 42.1 Å². The minimum Gasteiger partial charge on any atom is -0.373 e. The summed E-state index contributed by atoms with van der Waals surface area (Å²) in [6.45, 7) is 4.02. The standard InChI is InChI=1S/C23H27FN4O/c1-14-8-9-18(24)17-12-19(27-21(14)17)23(29)26-16-6-4-5-15(11-16)22-20-7-2-3-10-28(20)13-25-22/h4-6,8-9,11,19-20,22,25,27H,2-3,7,10,12-13H2,1H3,(H,26,29). The number of rotatable bonds is 3. The number of amides is 1. The van der Waals surface area contributed by atoms with E-state index >= 15 is 0 Å². The molecule has 1 amide bonds. The van der Waals surface area contributed by atoms with Crippen LogP contribution in [0.15, 0.2) is 36.4 Å². The van der Waals surface area contributed by atoms with Crippen LogP contribution in [0.25, 0.3) is 0 Å². The first-order chi connectivity index (χ1) is 14.1. The lowest BCUT2D eigenvalue weighted by Gasteiger charge is -2.31. The minimum absolute atomic E-state index is 0.129. The SMILES string of the molecule is Cc1ccc(F)c2c1NC(C(=O)Nc1cccc(C3NCN4CCCCC34)c1)C2. The third-order valence-electron chi connectivity index (χ3n) is 6.58. The van der Waals surface area contributed by atoms with Gasteiger partial charge in [0.1, 0.15) is 11.9 Å². The van der Waals surface area contributed by atoms with Crippen molar-refractivity contribution in [3.63, 3.8) is 0 Å². The first kappa shape index (κ1) is 18.6. The van der Waals surface area contributed by atoms with Crippen LogP contribution in [0.4, 0.5) is 15.8 Å². The van der Waals surface area contributed by atoms with Gasteiger partial charge in [0.2, 0.25) is 5.91 Å². The maximum Gasteiger partial charge on any atom is 0.247 e. The molecule has 6 heteroatoms. The van der Waals surface area contributed by atoms with Gasteiger partial charge < -0.3 is 10.6 Å². The molecule has 0 aliphatic carbocycles. The number of aryl methyl sites for hydroxylation is 1. The molecule has 0 bridgehead atoms. The molecule has 29 heavy (non-hydrogen) atoms. The Bertz CT molecular complexity index is 915. The van der Waals surface area contributed by atoms with Crippen molar-refractivity contribution < 1.29 is 9.18 Å². The van der Waals surface area contributed by atoms with Crippen molar-refractivity contribution >= 4 is 17.3 Å². The maximum atomic E-state index is 14.1. The number of piperidine rings is 1. The summed E-state index contributed by atoms with van der Waals surface area (Å²) in [5.74, 6) is -0.379. The van der Waals surface area contributed by atoms with Crippen LogP contribution >= 0.6 is 0 Å². The second kappa shape index (κ2) is 7.43. The Balaban J connectivity index is 1.29. The molecule has 3 atom stereocenters.